The molecule has 1 unspecified atom stereocenters. The fraction of sp³-hybridized carbons (Fsp3) is 0.462. The van der Waals surface area contributed by atoms with Crippen molar-refractivity contribution in [2.45, 2.75) is 32.5 Å². The van der Waals surface area contributed by atoms with E-state index in [2.05, 4.69) is 4.74 Å². The molecular weight excluding hydrogens is 256 g/mol. The van der Waals surface area contributed by atoms with Gasteiger partial charge in [-0.2, -0.15) is 8.78 Å². The molecule has 0 fully saturated rings. The summed E-state index contributed by atoms with van der Waals surface area (Å²) >= 11 is 0. The molecule has 0 aromatic heterocycles. The van der Waals surface area contributed by atoms with Crippen molar-refractivity contribution < 1.29 is 23.4 Å². The van der Waals surface area contributed by atoms with E-state index in [0.717, 1.165) is 5.56 Å². The van der Waals surface area contributed by atoms with Gasteiger partial charge in [-0.3, -0.25) is 9.69 Å². The second kappa shape index (κ2) is 7.04. The average Bonchev–Trinajstić information content (AvgIpc) is 2.31. The lowest BCUT2D eigenvalue weighted by atomic mass is 10.1. The van der Waals surface area contributed by atoms with E-state index < -0.39 is 18.6 Å². The van der Waals surface area contributed by atoms with Gasteiger partial charge in [0.15, 0.2) is 0 Å². The number of likely N-dealkylation sites (N-methyl/N-ethyl adjacent to an activating group) is 1. The van der Waals surface area contributed by atoms with Crippen LogP contribution in [0.5, 0.6) is 5.75 Å². The van der Waals surface area contributed by atoms with Crippen LogP contribution < -0.4 is 4.74 Å². The molecule has 0 aliphatic carbocycles. The summed E-state index contributed by atoms with van der Waals surface area (Å²) in [5, 5.41) is 9.02. The predicted octanol–water partition coefficient (Wildman–Crippen LogP) is 2.58. The van der Waals surface area contributed by atoms with Gasteiger partial charge in [-0.1, -0.05) is 19.1 Å². The molecule has 6 heteroatoms. The minimum Gasteiger partial charge on any atom is -0.480 e. The topological polar surface area (TPSA) is 49.8 Å². The number of nitrogens with zero attached hydrogens (tertiary/aromatic N) is 1. The quantitative estimate of drug-likeness (QED) is 0.829. The average molecular weight is 273 g/mol. The first-order valence-corrected chi connectivity index (χ1v) is 5.90. The molecule has 0 bridgehead atoms. The SMILES string of the molecule is CCC(C(=O)O)N(C)Cc1ccc(OC(F)F)cc1. The number of hydrogen-bond acceptors (Lipinski definition) is 3. The van der Waals surface area contributed by atoms with Crippen LogP contribution in [-0.2, 0) is 11.3 Å². The van der Waals surface area contributed by atoms with Crippen molar-refractivity contribution in [2.24, 2.45) is 0 Å². The molecule has 1 N–H and O–H groups in total. The molecule has 0 amide bonds. The number of hydrogen-bond donors (Lipinski definition) is 1. The molecule has 106 valence electrons. The molecule has 0 aliphatic rings. The van der Waals surface area contributed by atoms with Crippen molar-refractivity contribution in [3.05, 3.63) is 29.8 Å². The summed E-state index contributed by atoms with van der Waals surface area (Å²) in [5.41, 5.74) is 0.837. The Morgan fingerprint density at radius 2 is 1.95 bits per heavy atom. The van der Waals surface area contributed by atoms with Crippen molar-refractivity contribution >= 4 is 5.97 Å². The van der Waals surface area contributed by atoms with Crippen molar-refractivity contribution in [1.29, 1.82) is 0 Å². The molecule has 4 nitrogen and oxygen atoms in total. The third-order valence-corrected chi connectivity index (χ3v) is 2.78. The zero-order valence-electron chi connectivity index (χ0n) is 10.8. The molecule has 0 saturated heterocycles. The minimum absolute atomic E-state index is 0.0895. The van der Waals surface area contributed by atoms with E-state index in [1.54, 1.807) is 31.0 Å². The highest BCUT2D eigenvalue weighted by molar-refractivity contribution is 5.73. The largest absolute Gasteiger partial charge is 0.480 e. The van der Waals surface area contributed by atoms with Gasteiger partial charge in [-0.15, -0.1) is 0 Å². The number of carbonyl (C=O) groups is 1. The Morgan fingerprint density at radius 1 is 1.37 bits per heavy atom. The van der Waals surface area contributed by atoms with Gasteiger partial charge < -0.3 is 9.84 Å². The molecule has 0 aliphatic heterocycles. The van der Waals surface area contributed by atoms with Gasteiger partial charge in [-0.05, 0) is 31.2 Å². The molecule has 0 heterocycles. The molecule has 1 atom stereocenters. The highest BCUT2D eigenvalue weighted by Crippen LogP contribution is 2.16. The number of carboxylic acids is 1. The second-order valence-corrected chi connectivity index (χ2v) is 4.20. The Hall–Kier alpha value is -1.69. The molecule has 0 spiro atoms. The lowest BCUT2D eigenvalue weighted by Gasteiger charge is -2.23. The van der Waals surface area contributed by atoms with Gasteiger partial charge in [0.1, 0.15) is 11.8 Å². The number of benzene rings is 1. The second-order valence-electron chi connectivity index (χ2n) is 4.20. The van der Waals surface area contributed by atoms with Crippen LogP contribution in [0.4, 0.5) is 8.78 Å². The predicted molar refractivity (Wildman–Crippen MR) is 66.3 cm³/mol. The van der Waals surface area contributed by atoms with E-state index in [-0.39, 0.29) is 5.75 Å². The van der Waals surface area contributed by atoms with Gasteiger partial charge >= 0.3 is 12.6 Å². The van der Waals surface area contributed by atoms with Crippen molar-refractivity contribution in [1.82, 2.24) is 4.90 Å². The van der Waals surface area contributed by atoms with Crippen LogP contribution in [0.3, 0.4) is 0 Å². The fourth-order valence-corrected chi connectivity index (χ4v) is 1.85. The van der Waals surface area contributed by atoms with E-state index in [9.17, 15) is 13.6 Å². The summed E-state index contributed by atoms with van der Waals surface area (Å²) in [5.74, 6) is -0.783. The Morgan fingerprint density at radius 3 is 2.37 bits per heavy atom. The summed E-state index contributed by atoms with van der Waals surface area (Å²) < 4.78 is 28.2. The molecule has 1 aromatic carbocycles. The smallest absolute Gasteiger partial charge is 0.387 e. The Labute approximate surface area is 110 Å². The number of alkyl halides is 2. The maximum absolute atomic E-state index is 12.0. The van der Waals surface area contributed by atoms with Gasteiger partial charge in [0, 0.05) is 6.54 Å². The number of halogens is 2. The first kappa shape index (κ1) is 15.4. The van der Waals surface area contributed by atoms with Gasteiger partial charge in [0.2, 0.25) is 0 Å². The number of rotatable bonds is 7. The van der Waals surface area contributed by atoms with Crippen LogP contribution in [0.15, 0.2) is 24.3 Å². The van der Waals surface area contributed by atoms with Crippen LogP contribution >= 0.6 is 0 Å². The van der Waals surface area contributed by atoms with E-state index in [0.29, 0.717) is 13.0 Å². The van der Waals surface area contributed by atoms with Crippen LogP contribution in [-0.4, -0.2) is 35.7 Å². The number of ether oxygens (including phenoxy) is 1. The summed E-state index contributed by atoms with van der Waals surface area (Å²) in [7, 11) is 1.71. The number of carboxylic acid groups (broad SMARTS) is 1. The van der Waals surface area contributed by atoms with E-state index in [1.165, 1.54) is 12.1 Å². The van der Waals surface area contributed by atoms with Crippen molar-refractivity contribution in [3.63, 3.8) is 0 Å². The summed E-state index contributed by atoms with van der Waals surface area (Å²) in [6.45, 7) is -0.612. The van der Waals surface area contributed by atoms with E-state index in [1.807, 2.05) is 0 Å². The van der Waals surface area contributed by atoms with E-state index >= 15 is 0 Å². The lowest BCUT2D eigenvalue weighted by molar-refractivity contribution is -0.143. The maximum atomic E-state index is 12.0. The standard InChI is InChI=1S/C13H17F2NO3/c1-3-11(12(17)18)16(2)8-9-4-6-10(7-5-9)19-13(14)15/h4-7,11,13H,3,8H2,1-2H3,(H,17,18). The highest BCUT2D eigenvalue weighted by Gasteiger charge is 2.20. The highest BCUT2D eigenvalue weighted by atomic mass is 19.3. The summed E-state index contributed by atoms with van der Waals surface area (Å²) in [6.07, 6.45) is 0.498. The van der Waals surface area contributed by atoms with Gasteiger partial charge in [0.05, 0.1) is 0 Å². The molecular formula is C13H17F2NO3. The third kappa shape index (κ3) is 4.82. The Bertz CT molecular complexity index is 409. The van der Waals surface area contributed by atoms with Crippen molar-refractivity contribution in [3.8, 4) is 5.75 Å². The lowest BCUT2D eigenvalue weighted by Crippen LogP contribution is -2.37. The number of aliphatic carboxylic acids is 1. The van der Waals surface area contributed by atoms with E-state index in [4.69, 9.17) is 5.11 Å². The maximum Gasteiger partial charge on any atom is 0.387 e. The fourth-order valence-electron chi connectivity index (χ4n) is 1.85. The Kier molecular flexibility index (Phi) is 5.69. The van der Waals surface area contributed by atoms with Crippen LogP contribution in [0.1, 0.15) is 18.9 Å². The first-order chi connectivity index (χ1) is 8.93. The monoisotopic (exact) mass is 273 g/mol. The van der Waals surface area contributed by atoms with Gasteiger partial charge in [0.25, 0.3) is 0 Å². The molecule has 0 radical (unpaired) electrons. The zero-order valence-corrected chi connectivity index (χ0v) is 10.8. The molecule has 1 aromatic rings. The minimum atomic E-state index is -2.84. The van der Waals surface area contributed by atoms with Crippen LogP contribution in [0.2, 0.25) is 0 Å². The van der Waals surface area contributed by atoms with Crippen molar-refractivity contribution in [2.75, 3.05) is 7.05 Å². The normalized spacial score (nSPS) is 12.7. The summed E-state index contributed by atoms with van der Waals surface area (Å²) in [4.78, 5) is 12.7. The van der Waals surface area contributed by atoms with Crippen LogP contribution in [0, 0.1) is 0 Å². The molecule has 19 heavy (non-hydrogen) atoms. The van der Waals surface area contributed by atoms with Gasteiger partial charge in [-0.25, -0.2) is 0 Å². The zero-order chi connectivity index (χ0) is 14.4. The molecule has 1 rings (SSSR count). The Balaban J connectivity index is 2.64. The molecule has 0 saturated carbocycles. The van der Waals surface area contributed by atoms with Crippen LogP contribution in [0.25, 0.3) is 0 Å². The first-order valence-electron chi connectivity index (χ1n) is 5.90. The third-order valence-electron chi connectivity index (χ3n) is 2.78. The summed E-state index contributed by atoms with van der Waals surface area (Å²) in [6, 6.07) is 5.61.